The van der Waals surface area contributed by atoms with Crippen LogP contribution in [0.4, 0.5) is 4.39 Å². The lowest BCUT2D eigenvalue weighted by Crippen LogP contribution is -2.37. The number of aromatic hydroxyl groups is 1. The second-order valence-electron chi connectivity index (χ2n) is 6.09. The SMILES string of the molecule is CCOC(=O)C1(C)CC(c2cc(-c3ncc(O)cc3Cl)c(F)cc2Cl)=NO1. The number of esters is 1. The van der Waals surface area contributed by atoms with Gasteiger partial charge in [0.15, 0.2) is 0 Å². The molecule has 0 saturated heterocycles. The van der Waals surface area contributed by atoms with Gasteiger partial charge in [0.1, 0.15) is 11.6 Å². The summed E-state index contributed by atoms with van der Waals surface area (Å²) in [5, 5.41) is 13.5. The van der Waals surface area contributed by atoms with Crippen LogP contribution in [0.3, 0.4) is 0 Å². The van der Waals surface area contributed by atoms with Crippen LogP contribution < -0.4 is 0 Å². The summed E-state index contributed by atoms with van der Waals surface area (Å²) in [7, 11) is 0. The molecule has 0 aliphatic carbocycles. The first-order valence-corrected chi connectivity index (χ1v) is 8.77. The maximum absolute atomic E-state index is 14.5. The zero-order valence-corrected chi connectivity index (χ0v) is 15.9. The van der Waals surface area contributed by atoms with Crippen LogP contribution in [0.5, 0.6) is 5.75 Å². The van der Waals surface area contributed by atoms with Gasteiger partial charge in [-0.2, -0.15) is 0 Å². The Kier molecular flexibility index (Phi) is 5.26. The third-order valence-corrected chi connectivity index (χ3v) is 4.62. The lowest BCUT2D eigenvalue weighted by atomic mass is 9.94. The van der Waals surface area contributed by atoms with Gasteiger partial charge < -0.3 is 14.7 Å². The molecule has 2 aromatic rings. The van der Waals surface area contributed by atoms with Crippen LogP contribution in [0.1, 0.15) is 25.8 Å². The van der Waals surface area contributed by atoms with Crippen LogP contribution in [-0.2, 0) is 14.4 Å². The molecule has 1 atom stereocenters. The van der Waals surface area contributed by atoms with Crippen LogP contribution in [0.15, 0.2) is 29.6 Å². The molecule has 6 nitrogen and oxygen atoms in total. The molecule has 1 aliphatic heterocycles. The molecule has 3 rings (SSSR count). The van der Waals surface area contributed by atoms with E-state index in [1.807, 2.05) is 0 Å². The summed E-state index contributed by atoms with van der Waals surface area (Å²) >= 11 is 12.3. The fraction of sp³-hybridized carbons (Fsp3) is 0.278. The minimum Gasteiger partial charge on any atom is -0.506 e. The van der Waals surface area contributed by atoms with Gasteiger partial charge in [-0.15, -0.1) is 0 Å². The van der Waals surface area contributed by atoms with Crippen molar-refractivity contribution in [3.8, 4) is 17.0 Å². The Labute approximate surface area is 164 Å². The van der Waals surface area contributed by atoms with Gasteiger partial charge in [-0.05, 0) is 26.0 Å². The van der Waals surface area contributed by atoms with Gasteiger partial charge in [0, 0.05) is 23.6 Å². The number of oxime groups is 1. The first kappa shape index (κ1) is 19.4. The highest BCUT2D eigenvalue weighted by atomic mass is 35.5. The van der Waals surface area contributed by atoms with Crippen molar-refractivity contribution in [2.45, 2.75) is 25.9 Å². The van der Waals surface area contributed by atoms with Crippen molar-refractivity contribution in [1.82, 2.24) is 4.98 Å². The number of hydrogen-bond donors (Lipinski definition) is 1. The molecule has 0 bridgehead atoms. The van der Waals surface area contributed by atoms with Gasteiger partial charge in [-0.25, -0.2) is 9.18 Å². The van der Waals surface area contributed by atoms with E-state index in [1.54, 1.807) is 13.8 Å². The average molecular weight is 413 g/mol. The minimum absolute atomic E-state index is 0.0724. The molecular formula is C18H15Cl2FN2O4. The minimum atomic E-state index is -1.28. The molecule has 27 heavy (non-hydrogen) atoms. The van der Waals surface area contributed by atoms with Crippen molar-refractivity contribution in [3.05, 3.63) is 45.8 Å². The van der Waals surface area contributed by atoms with Crippen molar-refractivity contribution in [1.29, 1.82) is 0 Å². The quantitative estimate of drug-likeness (QED) is 0.754. The van der Waals surface area contributed by atoms with Crippen molar-refractivity contribution in [2.75, 3.05) is 6.61 Å². The molecule has 1 N–H and O–H groups in total. The molecule has 0 spiro atoms. The van der Waals surface area contributed by atoms with Gasteiger partial charge in [0.05, 0.1) is 34.3 Å². The third kappa shape index (κ3) is 3.70. The Morgan fingerprint density at radius 1 is 1.33 bits per heavy atom. The van der Waals surface area contributed by atoms with Crippen LogP contribution in [0.2, 0.25) is 10.0 Å². The smallest absolute Gasteiger partial charge is 0.353 e. The van der Waals surface area contributed by atoms with Gasteiger partial charge in [-0.1, -0.05) is 28.4 Å². The largest absolute Gasteiger partial charge is 0.506 e. The molecule has 9 heteroatoms. The number of hydrogen-bond acceptors (Lipinski definition) is 6. The van der Waals surface area contributed by atoms with E-state index in [1.165, 1.54) is 12.1 Å². The zero-order valence-electron chi connectivity index (χ0n) is 14.4. The van der Waals surface area contributed by atoms with E-state index >= 15 is 0 Å². The summed E-state index contributed by atoms with van der Waals surface area (Å²) in [4.78, 5) is 21.3. The first-order valence-electron chi connectivity index (χ1n) is 8.01. The van der Waals surface area contributed by atoms with Crippen molar-refractivity contribution >= 4 is 34.9 Å². The maximum Gasteiger partial charge on any atom is 0.353 e. The molecule has 0 saturated carbocycles. The second-order valence-corrected chi connectivity index (χ2v) is 6.91. The summed E-state index contributed by atoms with van der Waals surface area (Å²) in [5.74, 6) is -1.33. The zero-order chi connectivity index (χ0) is 19.8. The lowest BCUT2D eigenvalue weighted by molar-refractivity contribution is -0.166. The van der Waals surface area contributed by atoms with Crippen LogP contribution in [0.25, 0.3) is 11.3 Å². The number of nitrogens with zero attached hydrogens (tertiary/aromatic N) is 2. The second kappa shape index (κ2) is 7.32. The molecule has 1 aliphatic rings. The van der Waals surface area contributed by atoms with Crippen LogP contribution in [-0.4, -0.2) is 34.0 Å². The summed E-state index contributed by atoms with van der Waals surface area (Å²) in [6, 6.07) is 3.80. The molecular weight excluding hydrogens is 398 g/mol. The van der Waals surface area contributed by atoms with Crippen LogP contribution >= 0.6 is 23.2 Å². The Bertz CT molecular complexity index is 951. The predicted molar refractivity (Wildman–Crippen MR) is 98.6 cm³/mol. The van der Waals surface area contributed by atoms with Gasteiger partial charge >= 0.3 is 5.97 Å². The number of aromatic nitrogens is 1. The summed E-state index contributed by atoms with van der Waals surface area (Å²) in [6.07, 6.45) is 1.26. The van der Waals surface area contributed by atoms with E-state index in [2.05, 4.69) is 10.1 Å². The van der Waals surface area contributed by atoms with E-state index in [0.29, 0.717) is 11.3 Å². The van der Waals surface area contributed by atoms with Crippen molar-refractivity contribution in [2.24, 2.45) is 5.16 Å². The number of carbonyl (C=O) groups excluding carboxylic acids is 1. The molecule has 1 aromatic heterocycles. The molecule has 0 fully saturated rings. The number of pyridine rings is 1. The first-order chi connectivity index (χ1) is 12.7. The predicted octanol–water partition coefficient (Wildman–Crippen LogP) is 4.35. The Morgan fingerprint density at radius 3 is 2.74 bits per heavy atom. The summed E-state index contributed by atoms with van der Waals surface area (Å²) < 4.78 is 19.5. The summed E-state index contributed by atoms with van der Waals surface area (Å²) in [6.45, 7) is 3.45. The number of rotatable bonds is 4. The Balaban J connectivity index is 1.99. The standard InChI is InChI=1S/C18H15Cl2FN2O4/c1-3-26-17(25)18(2)7-15(23-27-18)10-5-11(14(21)6-12(10)19)16-13(20)4-9(24)8-22-16/h4-6,8,24H,3,7H2,1-2H3. The Morgan fingerprint density at radius 2 is 2.07 bits per heavy atom. The molecule has 1 unspecified atom stereocenters. The molecule has 142 valence electrons. The number of carbonyl (C=O) groups is 1. The highest BCUT2D eigenvalue weighted by Gasteiger charge is 2.44. The van der Waals surface area contributed by atoms with E-state index in [-0.39, 0.29) is 40.1 Å². The van der Waals surface area contributed by atoms with Crippen LogP contribution in [0, 0.1) is 5.82 Å². The monoisotopic (exact) mass is 412 g/mol. The highest BCUT2D eigenvalue weighted by Crippen LogP contribution is 2.36. The highest BCUT2D eigenvalue weighted by molar-refractivity contribution is 6.35. The normalized spacial score (nSPS) is 18.8. The molecule has 0 amide bonds. The summed E-state index contributed by atoms with van der Waals surface area (Å²) in [5.41, 5.74) is -0.319. The Hall–Kier alpha value is -2.38. The average Bonchev–Trinajstić information content (AvgIpc) is 2.99. The third-order valence-electron chi connectivity index (χ3n) is 4.02. The van der Waals surface area contributed by atoms with Crippen molar-refractivity contribution in [3.63, 3.8) is 0 Å². The van der Waals surface area contributed by atoms with E-state index in [0.717, 1.165) is 12.3 Å². The van der Waals surface area contributed by atoms with E-state index < -0.39 is 17.4 Å². The number of halogens is 3. The fourth-order valence-electron chi connectivity index (χ4n) is 2.66. The van der Waals surface area contributed by atoms with Gasteiger partial charge in [0.2, 0.25) is 5.60 Å². The van der Waals surface area contributed by atoms with Crippen molar-refractivity contribution < 1.29 is 23.9 Å². The van der Waals surface area contributed by atoms with E-state index in [4.69, 9.17) is 32.8 Å². The lowest BCUT2D eigenvalue weighted by Gasteiger charge is -2.18. The number of ether oxygens (including phenoxy) is 1. The van der Waals surface area contributed by atoms with Gasteiger partial charge in [-0.3, -0.25) is 4.98 Å². The molecule has 2 heterocycles. The molecule has 1 aromatic carbocycles. The maximum atomic E-state index is 14.5. The van der Waals surface area contributed by atoms with E-state index in [9.17, 15) is 14.3 Å². The number of benzene rings is 1. The fourth-order valence-corrected chi connectivity index (χ4v) is 3.18. The topological polar surface area (TPSA) is 81.0 Å². The molecule has 0 radical (unpaired) electrons. The van der Waals surface area contributed by atoms with Gasteiger partial charge in [0.25, 0.3) is 0 Å².